The van der Waals surface area contributed by atoms with Crippen molar-refractivity contribution in [1.29, 1.82) is 0 Å². The third kappa shape index (κ3) is 4.94. The van der Waals surface area contributed by atoms with Crippen LogP contribution in [0.1, 0.15) is 53.5 Å². The number of carbonyl (C=O) groups excluding carboxylic acids is 2. The predicted molar refractivity (Wildman–Crippen MR) is 125 cm³/mol. The summed E-state index contributed by atoms with van der Waals surface area (Å²) in [4.78, 5) is 28.5. The molecule has 2 fully saturated rings. The first kappa shape index (κ1) is 23.1. The molecule has 1 saturated heterocycles. The molecule has 0 bridgehead atoms. The van der Waals surface area contributed by atoms with Crippen LogP contribution in [0.2, 0.25) is 0 Å². The number of amides is 1. The van der Waals surface area contributed by atoms with E-state index < -0.39 is 5.97 Å². The van der Waals surface area contributed by atoms with E-state index in [0.717, 1.165) is 53.9 Å². The number of rotatable bonds is 9. The largest absolute Gasteiger partial charge is 0.462 e. The summed E-state index contributed by atoms with van der Waals surface area (Å²) in [5.74, 6) is 0.481. The van der Waals surface area contributed by atoms with Crippen molar-refractivity contribution >= 4 is 45.9 Å². The Labute approximate surface area is 195 Å². The van der Waals surface area contributed by atoms with Gasteiger partial charge in [-0.15, -0.1) is 21.5 Å². The van der Waals surface area contributed by atoms with E-state index in [1.54, 1.807) is 6.92 Å². The molecule has 174 valence electrons. The highest BCUT2D eigenvalue weighted by Crippen LogP contribution is 2.41. The minimum Gasteiger partial charge on any atom is -0.462 e. The lowest BCUT2D eigenvalue weighted by Crippen LogP contribution is -2.38. The lowest BCUT2D eigenvalue weighted by Gasteiger charge is -2.27. The smallest absolute Gasteiger partial charge is 0.341 e. The summed E-state index contributed by atoms with van der Waals surface area (Å²) in [6.07, 6.45) is 3.00. The molecule has 1 amide bonds. The van der Waals surface area contributed by atoms with Gasteiger partial charge in [-0.1, -0.05) is 18.7 Å². The van der Waals surface area contributed by atoms with Gasteiger partial charge in [0.2, 0.25) is 11.9 Å². The molecule has 32 heavy (non-hydrogen) atoms. The van der Waals surface area contributed by atoms with E-state index in [-0.39, 0.29) is 11.7 Å². The van der Waals surface area contributed by atoms with Crippen molar-refractivity contribution in [3.05, 3.63) is 16.0 Å². The first-order valence-electron chi connectivity index (χ1n) is 11.0. The Kier molecular flexibility index (Phi) is 7.37. The van der Waals surface area contributed by atoms with Crippen molar-refractivity contribution < 1.29 is 19.1 Å². The van der Waals surface area contributed by atoms with Crippen LogP contribution in [-0.2, 0) is 20.7 Å². The van der Waals surface area contributed by atoms with Crippen LogP contribution in [0.15, 0.2) is 5.16 Å². The van der Waals surface area contributed by atoms with Crippen molar-refractivity contribution in [2.24, 2.45) is 0 Å². The number of carbonyl (C=O) groups is 2. The molecule has 4 rings (SSSR count). The number of aromatic nitrogens is 3. The monoisotopic (exact) mass is 479 g/mol. The summed E-state index contributed by atoms with van der Waals surface area (Å²) >= 11 is 2.81. The Morgan fingerprint density at radius 3 is 2.66 bits per heavy atom. The fraction of sp³-hybridized carbons (Fsp3) is 0.619. The van der Waals surface area contributed by atoms with Crippen LogP contribution in [0.5, 0.6) is 0 Å². The Hall–Kier alpha value is -2.11. The SMILES string of the molecule is CCOC(=O)c1c(NC(=O)CSc2nnc(N3CCOCC3)n2C2CC2)sc(CC)c1C. The average molecular weight is 480 g/mol. The second-order valence-electron chi connectivity index (χ2n) is 7.75. The number of morpholine rings is 1. The lowest BCUT2D eigenvalue weighted by atomic mass is 10.1. The molecule has 1 saturated carbocycles. The molecule has 0 atom stereocenters. The van der Waals surface area contributed by atoms with Gasteiger partial charge in [-0.2, -0.15) is 0 Å². The topological polar surface area (TPSA) is 98.6 Å². The standard InChI is InChI=1S/C21H29N5O4S2/c1-4-15-13(3)17(19(28)30-5-2)18(32-15)22-16(27)12-31-21-24-23-20(26(21)14-6-7-14)25-8-10-29-11-9-25/h14H,4-12H2,1-3H3,(H,22,27). The van der Waals surface area contributed by atoms with Crippen molar-refractivity contribution in [3.8, 4) is 0 Å². The molecule has 1 aliphatic heterocycles. The van der Waals surface area contributed by atoms with E-state index >= 15 is 0 Å². The number of esters is 1. The maximum absolute atomic E-state index is 12.8. The molecule has 2 aliphatic rings. The molecule has 0 spiro atoms. The number of nitrogens with one attached hydrogen (secondary N) is 1. The number of hydrogen-bond donors (Lipinski definition) is 1. The minimum absolute atomic E-state index is 0.178. The van der Waals surface area contributed by atoms with Gasteiger partial charge < -0.3 is 19.7 Å². The molecular formula is C21H29N5O4S2. The second-order valence-corrected chi connectivity index (χ2v) is 9.80. The van der Waals surface area contributed by atoms with Crippen LogP contribution in [0.3, 0.4) is 0 Å². The number of ether oxygens (including phenoxy) is 2. The van der Waals surface area contributed by atoms with E-state index in [4.69, 9.17) is 9.47 Å². The van der Waals surface area contributed by atoms with Gasteiger partial charge in [0, 0.05) is 24.0 Å². The summed E-state index contributed by atoms with van der Waals surface area (Å²) in [5, 5.41) is 13.0. The molecule has 11 heteroatoms. The third-order valence-electron chi connectivity index (χ3n) is 5.48. The molecule has 0 unspecified atom stereocenters. The van der Waals surface area contributed by atoms with Crippen LogP contribution in [0, 0.1) is 6.92 Å². The molecule has 3 heterocycles. The van der Waals surface area contributed by atoms with Crippen molar-refractivity contribution in [2.45, 2.75) is 51.2 Å². The highest BCUT2D eigenvalue weighted by atomic mass is 32.2. The number of nitrogens with zero attached hydrogens (tertiary/aromatic N) is 4. The predicted octanol–water partition coefficient (Wildman–Crippen LogP) is 3.29. The van der Waals surface area contributed by atoms with E-state index in [0.29, 0.717) is 36.4 Å². The normalized spacial score (nSPS) is 16.3. The van der Waals surface area contributed by atoms with Gasteiger partial charge in [-0.05, 0) is 38.7 Å². The molecule has 0 radical (unpaired) electrons. The first-order valence-corrected chi connectivity index (χ1v) is 12.8. The maximum Gasteiger partial charge on any atom is 0.341 e. The minimum atomic E-state index is -0.396. The zero-order chi connectivity index (χ0) is 22.7. The van der Waals surface area contributed by atoms with Crippen molar-refractivity contribution in [2.75, 3.05) is 48.9 Å². The fourth-order valence-electron chi connectivity index (χ4n) is 3.73. The third-order valence-corrected chi connectivity index (χ3v) is 7.78. The zero-order valence-corrected chi connectivity index (χ0v) is 20.3. The molecule has 1 aliphatic carbocycles. The Balaban J connectivity index is 1.45. The second kappa shape index (κ2) is 10.2. The Bertz CT molecular complexity index is 979. The van der Waals surface area contributed by atoms with Crippen molar-refractivity contribution in [1.82, 2.24) is 14.8 Å². The summed E-state index contributed by atoms with van der Waals surface area (Å²) < 4.78 is 12.8. The maximum atomic E-state index is 12.8. The van der Waals surface area contributed by atoms with Gasteiger partial charge in [0.05, 0.1) is 31.1 Å². The summed E-state index contributed by atoms with van der Waals surface area (Å²) in [7, 11) is 0. The molecule has 1 N–H and O–H groups in total. The van der Waals surface area contributed by atoms with Gasteiger partial charge in [0.25, 0.3) is 0 Å². The van der Waals surface area contributed by atoms with E-state index in [1.807, 2.05) is 13.8 Å². The van der Waals surface area contributed by atoms with E-state index in [9.17, 15) is 9.59 Å². The van der Waals surface area contributed by atoms with Crippen LogP contribution in [-0.4, -0.2) is 65.3 Å². The van der Waals surface area contributed by atoms with E-state index in [2.05, 4.69) is 25.0 Å². The zero-order valence-electron chi connectivity index (χ0n) is 18.7. The highest BCUT2D eigenvalue weighted by Gasteiger charge is 2.32. The lowest BCUT2D eigenvalue weighted by molar-refractivity contribution is -0.113. The van der Waals surface area contributed by atoms with Crippen LogP contribution in [0.4, 0.5) is 10.9 Å². The average Bonchev–Trinajstić information content (AvgIpc) is 3.46. The summed E-state index contributed by atoms with van der Waals surface area (Å²) in [6, 6.07) is 0.399. The molecular weight excluding hydrogens is 450 g/mol. The van der Waals surface area contributed by atoms with Gasteiger partial charge in [-0.3, -0.25) is 9.36 Å². The number of aryl methyl sites for hydroxylation is 1. The van der Waals surface area contributed by atoms with Crippen molar-refractivity contribution in [3.63, 3.8) is 0 Å². The van der Waals surface area contributed by atoms with Crippen LogP contribution < -0.4 is 10.2 Å². The number of thioether (sulfide) groups is 1. The molecule has 2 aromatic heterocycles. The molecule has 2 aromatic rings. The number of hydrogen-bond acceptors (Lipinski definition) is 9. The Morgan fingerprint density at radius 2 is 2.00 bits per heavy atom. The Morgan fingerprint density at radius 1 is 1.25 bits per heavy atom. The highest BCUT2D eigenvalue weighted by molar-refractivity contribution is 7.99. The number of anilines is 2. The summed E-state index contributed by atoms with van der Waals surface area (Å²) in [6.45, 7) is 8.96. The van der Waals surface area contributed by atoms with Crippen LogP contribution in [0.25, 0.3) is 0 Å². The quantitative estimate of drug-likeness (QED) is 0.432. The van der Waals surface area contributed by atoms with Gasteiger partial charge in [0.1, 0.15) is 5.00 Å². The summed E-state index contributed by atoms with van der Waals surface area (Å²) in [5.41, 5.74) is 1.34. The van der Waals surface area contributed by atoms with Gasteiger partial charge >= 0.3 is 5.97 Å². The molecule has 9 nitrogen and oxygen atoms in total. The van der Waals surface area contributed by atoms with E-state index in [1.165, 1.54) is 23.1 Å². The molecule has 0 aromatic carbocycles. The number of thiophene rings is 1. The first-order chi connectivity index (χ1) is 15.5. The fourth-order valence-corrected chi connectivity index (χ4v) is 5.68. The van der Waals surface area contributed by atoms with Gasteiger partial charge in [-0.25, -0.2) is 4.79 Å². The van der Waals surface area contributed by atoms with Gasteiger partial charge in [0.15, 0.2) is 5.16 Å². The van der Waals surface area contributed by atoms with Crippen LogP contribution >= 0.6 is 23.1 Å².